The minimum absolute atomic E-state index is 0.670. The fraction of sp³-hybridized carbons (Fsp3) is 0. The van der Waals surface area contributed by atoms with E-state index in [-0.39, 0.29) is 0 Å². The average Bonchev–Trinajstić information content (AvgIpc) is 1.61. The Morgan fingerprint density at radius 3 is 0.910 bits per heavy atom. The minimum atomic E-state index is 0.670. The fourth-order valence-corrected chi connectivity index (χ4v) is 14.4. The van der Waals surface area contributed by atoms with Gasteiger partial charge in [-0.1, -0.05) is 273 Å². The van der Waals surface area contributed by atoms with E-state index in [1.807, 2.05) is 72.8 Å². The molecule has 100 heavy (non-hydrogen) atoms. The summed E-state index contributed by atoms with van der Waals surface area (Å²) in [4.78, 5) is 20.3. The number of para-hydroxylation sites is 3. The van der Waals surface area contributed by atoms with Gasteiger partial charge in [0.25, 0.3) is 0 Å². The highest BCUT2D eigenvalue weighted by molar-refractivity contribution is 6.13. The molecule has 0 saturated carbocycles. The summed E-state index contributed by atoms with van der Waals surface area (Å²) in [7, 11) is 0. The molecule has 0 radical (unpaired) electrons. The van der Waals surface area contributed by atoms with Crippen molar-refractivity contribution < 1.29 is 8.83 Å². The monoisotopic (exact) mass is 1280 g/mol. The van der Waals surface area contributed by atoms with Crippen molar-refractivity contribution in [1.82, 2.24) is 29.1 Å². The van der Waals surface area contributed by atoms with E-state index in [1.165, 1.54) is 60.3 Å². The molecule has 0 N–H and O–H groups in total. The van der Waals surface area contributed by atoms with Crippen molar-refractivity contribution in [1.29, 1.82) is 0 Å². The number of rotatable bonds is 10. The van der Waals surface area contributed by atoms with Crippen LogP contribution < -0.4 is 0 Å². The van der Waals surface area contributed by atoms with Crippen LogP contribution in [0.4, 0.5) is 0 Å². The van der Waals surface area contributed by atoms with Crippen LogP contribution in [0.15, 0.2) is 361 Å². The van der Waals surface area contributed by atoms with Crippen LogP contribution in [0.1, 0.15) is 0 Å². The normalized spacial score (nSPS) is 11.6. The molecule has 0 unspecified atom stereocenters. The summed E-state index contributed by atoms with van der Waals surface area (Å²) < 4.78 is 17.7. The lowest BCUT2D eigenvalue weighted by atomic mass is 10.0. The van der Waals surface area contributed by atoms with Gasteiger partial charge in [0.1, 0.15) is 33.6 Å². The Balaban J connectivity index is 0.000000139. The van der Waals surface area contributed by atoms with Gasteiger partial charge >= 0.3 is 0 Å². The number of furan rings is 2. The second-order valence-corrected chi connectivity index (χ2v) is 25.2. The van der Waals surface area contributed by atoms with Crippen LogP contribution in [-0.4, -0.2) is 29.1 Å². The van der Waals surface area contributed by atoms with Crippen molar-refractivity contribution in [3.8, 4) is 101 Å². The largest absolute Gasteiger partial charge is 0.452 e. The molecule has 8 heteroatoms. The molecule has 0 spiro atoms. The van der Waals surface area contributed by atoms with Crippen molar-refractivity contribution in [2.24, 2.45) is 0 Å². The van der Waals surface area contributed by atoms with Crippen LogP contribution in [0.3, 0.4) is 0 Å². The molecule has 0 aliphatic carbocycles. The Morgan fingerprint density at radius 2 is 0.480 bits per heavy atom. The number of aromatic nitrogens is 6. The quantitative estimate of drug-likeness (QED) is 0.136. The molecule has 0 fully saturated rings. The summed E-state index contributed by atoms with van der Waals surface area (Å²) in [5, 5.41) is 6.93. The second kappa shape index (κ2) is 24.3. The van der Waals surface area contributed by atoms with E-state index >= 15 is 0 Å². The van der Waals surface area contributed by atoms with Crippen LogP contribution in [-0.2, 0) is 0 Å². The molecular weight excluding hydrogens is 1220 g/mol. The molecule has 14 aromatic carbocycles. The summed E-state index contributed by atoms with van der Waals surface area (Å²) in [6.45, 7) is 0. The molecule has 0 atom stereocenters. The lowest BCUT2D eigenvalue weighted by Gasteiger charge is -2.10. The maximum absolute atomic E-state index is 6.56. The van der Waals surface area contributed by atoms with Crippen LogP contribution in [0.5, 0.6) is 0 Å². The van der Waals surface area contributed by atoms with E-state index < -0.39 is 0 Å². The highest BCUT2D eigenvalue weighted by Gasteiger charge is 2.23. The summed E-state index contributed by atoms with van der Waals surface area (Å²) in [5.74, 6) is 1.35. The molecular formula is C92H58N6O2. The summed E-state index contributed by atoms with van der Waals surface area (Å²) in [6, 6.07) is 123. The van der Waals surface area contributed by atoms with E-state index in [4.69, 9.17) is 28.8 Å². The van der Waals surface area contributed by atoms with E-state index in [1.54, 1.807) is 0 Å². The van der Waals surface area contributed by atoms with E-state index in [2.05, 4.69) is 288 Å². The topological polar surface area (TPSA) is 87.7 Å². The van der Waals surface area contributed by atoms with Crippen LogP contribution >= 0.6 is 0 Å². The first-order valence-electron chi connectivity index (χ1n) is 33.7. The fourth-order valence-electron chi connectivity index (χ4n) is 14.4. The highest BCUT2D eigenvalue weighted by Crippen LogP contribution is 2.42. The SMILES string of the molecule is c1ccc(-c2ccc(-c3nc(-c4ccccc4)nc4c3oc3ccc(-c5ccc(-n6c7ccccc7c7ccccc76)cc5)cc34)cc2)cc1.c1ccc(-c2ccc3c(c2)c2ccccc2n3-c2ccc(-c3ccc4oc5c(-c6ccccc6)nc(-c6ccccc6)nc5c4c3)cc2)cc1. The Labute approximate surface area is 575 Å². The average molecular weight is 1280 g/mol. The van der Waals surface area contributed by atoms with Crippen molar-refractivity contribution >= 4 is 87.7 Å². The van der Waals surface area contributed by atoms with Gasteiger partial charge in [-0.25, -0.2) is 19.9 Å². The lowest BCUT2D eigenvalue weighted by Crippen LogP contribution is -1.94. The molecule has 0 aliphatic heterocycles. The molecule has 20 aromatic rings. The van der Waals surface area contributed by atoms with Crippen LogP contribution in [0, 0.1) is 0 Å². The van der Waals surface area contributed by atoms with Gasteiger partial charge in [-0.15, -0.1) is 0 Å². The molecule has 6 heterocycles. The van der Waals surface area contributed by atoms with Gasteiger partial charge in [0, 0.05) is 65.9 Å². The third-order valence-electron chi connectivity index (χ3n) is 19.3. The lowest BCUT2D eigenvalue weighted by molar-refractivity contribution is 0.667. The summed E-state index contributed by atoms with van der Waals surface area (Å²) >= 11 is 0. The predicted octanol–water partition coefficient (Wildman–Crippen LogP) is 24.3. The molecule has 0 bridgehead atoms. The number of benzene rings is 14. The number of hydrogen-bond acceptors (Lipinski definition) is 6. The first kappa shape index (κ1) is 57.9. The molecule has 0 amide bonds. The zero-order valence-corrected chi connectivity index (χ0v) is 54.0. The van der Waals surface area contributed by atoms with Crippen molar-refractivity contribution in [2.75, 3.05) is 0 Å². The maximum Gasteiger partial charge on any atom is 0.180 e. The zero-order valence-electron chi connectivity index (χ0n) is 54.0. The standard InChI is InChI=1S/2C46H29N3O/c1-4-12-30(13-5-1)34-22-26-41-38(28-34)37-18-10-11-19-40(37)49(41)36-24-20-31(21-25-36)35-23-27-42-39(29-35)44-45(50-42)43(32-14-6-2-7-15-32)47-46(48-44)33-16-8-3-9-17-33;1-3-11-30(12-4-1)31-19-21-33(22-20-31)43-45-44(48-46(47-43)34-13-5-2-6-14-34)39-29-35(25-28-42(39)50-45)32-23-26-36(27-24-32)49-40-17-9-7-15-37(40)38-16-8-10-18-41(38)49/h2*1-29H. The third-order valence-corrected chi connectivity index (χ3v) is 19.3. The van der Waals surface area contributed by atoms with Gasteiger partial charge in [0.2, 0.25) is 0 Å². The van der Waals surface area contributed by atoms with E-state index in [0.29, 0.717) is 22.8 Å². The van der Waals surface area contributed by atoms with Crippen molar-refractivity contribution in [3.05, 3.63) is 352 Å². The van der Waals surface area contributed by atoms with Gasteiger partial charge in [-0.05, 0) is 123 Å². The van der Waals surface area contributed by atoms with Gasteiger partial charge < -0.3 is 18.0 Å². The molecule has 8 nitrogen and oxygen atoms in total. The first-order valence-corrected chi connectivity index (χ1v) is 33.7. The third kappa shape index (κ3) is 10.2. The molecule has 0 aliphatic rings. The second-order valence-electron chi connectivity index (χ2n) is 25.2. The number of nitrogens with zero attached hydrogens (tertiary/aromatic N) is 6. The Hall–Kier alpha value is -13.6. The van der Waals surface area contributed by atoms with Crippen molar-refractivity contribution in [2.45, 2.75) is 0 Å². The number of fused-ring (bicyclic) bond motifs is 12. The van der Waals surface area contributed by atoms with Gasteiger partial charge in [-0.2, -0.15) is 0 Å². The van der Waals surface area contributed by atoms with Gasteiger partial charge in [-0.3, -0.25) is 0 Å². The molecule has 20 rings (SSSR count). The van der Waals surface area contributed by atoms with E-state index in [9.17, 15) is 0 Å². The Morgan fingerprint density at radius 1 is 0.200 bits per heavy atom. The zero-order chi connectivity index (χ0) is 66.0. The highest BCUT2D eigenvalue weighted by atomic mass is 16.3. The number of hydrogen-bond donors (Lipinski definition) is 0. The Bertz CT molecular complexity index is 6410. The summed E-state index contributed by atoms with van der Waals surface area (Å²) in [6.07, 6.45) is 0. The first-order chi connectivity index (χ1) is 49.6. The maximum atomic E-state index is 6.56. The van der Waals surface area contributed by atoms with E-state index in [0.717, 1.165) is 106 Å². The molecule has 6 aromatic heterocycles. The van der Waals surface area contributed by atoms with Crippen LogP contribution in [0.2, 0.25) is 0 Å². The van der Waals surface area contributed by atoms with Gasteiger partial charge in [0.15, 0.2) is 22.8 Å². The Kier molecular flexibility index (Phi) is 14.0. The minimum Gasteiger partial charge on any atom is -0.452 e. The van der Waals surface area contributed by atoms with Gasteiger partial charge in [0.05, 0.1) is 22.1 Å². The predicted molar refractivity (Wildman–Crippen MR) is 411 cm³/mol. The summed E-state index contributed by atoms with van der Waals surface area (Å²) in [5.41, 5.74) is 26.3. The molecule has 468 valence electrons. The van der Waals surface area contributed by atoms with Crippen LogP contribution in [0.25, 0.3) is 189 Å². The van der Waals surface area contributed by atoms with Crippen molar-refractivity contribution in [3.63, 3.8) is 0 Å². The molecule has 0 saturated heterocycles. The smallest absolute Gasteiger partial charge is 0.180 e.